The van der Waals surface area contributed by atoms with E-state index in [1.54, 1.807) is 12.2 Å². The maximum atomic E-state index is 12.2. The normalized spacial score (nSPS) is 19.1. The summed E-state index contributed by atoms with van der Waals surface area (Å²) in [6.07, 6.45) is 13.7. The van der Waals surface area contributed by atoms with Crippen molar-refractivity contribution in [2.24, 2.45) is 5.92 Å². The number of hydrogen-bond acceptors (Lipinski definition) is 0. The van der Waals surface area contributed by atoms with E-state index in [4.69, 9.17) is 0 Å². The average molecular weight is 471 g/mol. The summed E-state index contributed by atoms with van der Waals surface area (Å²) in [6, 6.07) is 17.0. The number of unbranched alkanes of at least 4 members (excludes halogenated alkanes) is 5. The van der Waals surface area contributed by atoms with Gasteiger partial charge in [0.25, 0.3) is 0 Å². The Balaban J connectivity index is 1.42. The maximum Gasteiger partial charge on any atom is 0.389 e. The van der Waals surface area contributed by atoms with Crippen LogP contribution < -0.4 is 0 Å². The minimum atomic E-state index is -4.09. The topological polar surface area (TPSA) is 0 Å². The molecule has 3 heteroatoms. The van der Waals surface area contributed by atoms with Gasteiger partial charge in [0.15, 0.2) is 0 Å². The number of rotatable bonds is 12. The smallest absolute Gasteiger partial charge is 0.171 e. The Kier molecular flexibility index (Phi) is 10.8. The fourth-order valence-electron chi connectivity index (χ4n) is 5.20. The van der Waals surface area contributed by atoms with Crippen LogP contribution >= 0.6 is 0 Å². The van der Waals surface area contributed by atoms with Crippen molar-refractivity contribution in [2.45, 2.75) is 102 Å². The van der Waals surface area contributed by atoms with E-state index in [1.807, 2.05) is 24.3 Å². The van der Waals surface area contributed by atoms with Gasteiger partial charge in [-0.05, 0) is 66.2 Å². The number of benzene rings is 2. The molecule has 0 nitrogen and oxygen atoms in total. The van der Waals surface area contributed by atoms with E-state index in [2.05, 4.69) is 31.2 Å². The second-order valence-electron chi connectivity index (χ2n) is 10.1. The second-order valence-corrected chi connectivity index (χ2v) is 10.1. The molecule has 1 aliphatic rings. The summed E-state index contributed by atoms with van der Waals surface area (Å²) >= 11 is 0. The van der Waals surface area contributed by atoms with Gasteiger partial charge >= 0.3 is 6.18 Å². The van der Waals surface area contributed by atoms with E-state index in [9.17, 15) is 13.2 Å². The van der Waals surface area contributed by atoms with Crippen LogP contribution in [0.25, 0.3) is 17.2 Å². The highest BCUT2D eigenvalue weighted by Crippen LogP contribution is 2.38. The van der Waals surface area contributed by atoms with Crippen LogP contribution in [0.5, 0.6) is 0 Å². The first-order valence-electron chi connectivity index (χ1n) is 13.4. The lowest BCUT2D eigenvalue weighted by atomic mass is 9.77. The molecule has 0 amide bonds. The monoisotopic (exact) mass is 470 g/mol. The van der Waals surface area contributed by atoms with Crippen LogP contribution in [-0.2, 0) is 0 Å². The molecule has 0 saturated heterocycles. The average Bonchev–Trinajstić information content (AvgIpc) is 2.84. The van der Waals surface area contributed by atoms with Gasteiger partial charge < -0.3 is 0 Å². The third kappa shape index (κ3) is 9.31. The fourth-order valence-corrected chi connectivity index (χ4v) is 5.20. The van der Waals surface area contributed by atoms with Gasteiger partial charge in [-0.3, -0.25) is 0 Å². The van der Waals surface area contributed by atoms with Crippen LogP contribution in [-0.4, -0.2) is 6.18 Å². The Morgan fingerprint density at radius 3 is 1.97 bits per heavy atom. The Morgan fingerprint density at radius 1 is 0.765 bits per heavy atom. The molecular formula is C31H41F3. The highest BCUT2D eigenvalue weighted by molar-refractivity contribution is 5.66. The lowest BCUT2D eigenvalue weighted by Gasteiger charge is -2.29. The molecule has 0 N–H and O–H groups in total. The zero-order valence-corrected chi connectivity index (χ0v) is 20.8. The highest BCUT2D eigenvalue weighted by atomic mass is 19.4. The van der Waals surface area contributed by atoms with Crippen LogP contribution in [0.15, 0.2) is 54.6 Å². The van der Waals surface area contributed by atoms with Crippen LogP contribution in [0, 0.1) is 5.92 Å². The molecule has 0 spiro atoms. The third-order valence-corrected chi connectivity index (χ3v) is 7.34. The molecule has 0 aromatic heterocycles. The highest BCUT2D eigenvalue weighted by Gasteiger charge is 2.25. The molecule has 1 fully saturated rings. The van der Waals surface area contributed by atoms with E-state index in [0.29, 0.717) is 5.92 Å². The fraction of sp³-hybridized carbons (Fsp3) is 0.548. The van der Waals surface area contributed by atoms with E-state index in [0.717, 1.165) is 17.0 Å². The molecule has 2 aromatic rings. The molecule has 34 heavy (non-hydrogen) atoms. The van der Waals surface area contributed by atoms with Crippen molar-refractivity contribution in [3.8, 4) is 11.1 Å². The molecule has 3 rings (SSSR count). The van der Waals surface area contributed by atoms with E-state index >= 15 is 0 Å². The number of halogens is 3. The SMILES string of the molecule is CCCCCCCCC1CCC(c2ccc(-c3ccc(C=CCCC(F)(F)F)cc3)cc2)CC1. The van der Waals surface area contributed by atoms with Crippen molar-refractivity contribution in [1.29, 1.82) is 0 Å². The van der Waals surface area contributed by atoms with Gasteiger partial charge in [-0.25, -0.2) is 0 Å². The molecule has 186 valence electrons. The summed E-state index contributed by atoms with van der Waals surface area (Å²) in [5.41, 5.74) is 4.72. The van der Waals surface area contributed by atoms with Crippen LogP contribution in [0.3, 0.4) is 0 Å². The lowest BCUT2D eigenvalue weighted by molar-refractivity contribution is -0.133. The van der Waals surface area contributed by atoms with Gasteiger partial charge in [0.2, 0.25) is 0 Å². The maximum absolute atomic E-state index is 12.2. The minimum Gasteiger partial charge on any atom is -0.171 e. The molecule has 2 aromatic carbocycles. The lowest BCUT2D eigenvalue weighted by Crippen LogP contribution is -2.13. The van der Waals surface area contributed by atoms with E-state index < -0.39 is 12.6 Å². The summed E-state index contributed by atoms with van der Waals surface area (Å²) in [4.78, 5) is 0. The largest absolute Gasteiger partial charge is 0.389 e. The summed E-state index contributed by atoms with van der Waals surface area (Å²) in [5, 5.41) is 0. The number of allylic oxidation sites excluding steroid dienone is 1. The van der Waals surface area contributed by atoms with E-state index in [-0.39, 0.29) is 6.42 Å². The molecule has 0 unspecified atom stereocenters. The van der Waals surface area contributed by atoms with Gasteiger partial charge in [-0.2, -0.15) is 13.2 Å². The van der Waals surface area contributed by atoms with Crippen molar-refractivity contribution < 1.29 is 13.2 Å². The molecule has 1 saturated carbocycles. The molecule has 1 aliphatic carbocycles. The van der Waals surface area contributed by atoms with Gasteiger partial charge in [-0.15, -0.1) is 0 Å². The van der Waals surface area contributed by atoms with Gasteiger partial charge in [-0.1, -0.05) is 113 Å². The zero-order chi connectivity index (χ0) is 24.2. The predicted octanol–water partition coefficient (Wildman–Crippen LogP) is 10.7. The molecular weight excluding hydrogens is 429 g/mol. The molecule has 0 aliphatic heterocycles. The summed E-state index contributed by atoms with van der Waals surface area (Å²) < 4.78 is 36.7. The summed E-state index contributed by atoms with van der Waals surface area (Å²) in [5.74, 6) is 1.63. The predicted molar refractivity (Wildman–Crippen MR) is 139 cm³/mol. The zero-order valence-electron chi connectivity index (χ0n) is 20.8. The first kappa shape index (κ1) is 26.6. The summed E-state index contributed by atoms with van der Waals surface area (Å²) in [6.45, 7) is 2.28. The van der Waals surface area contributed by atoms with Gasteiger partial charge in [0.05, 0.1) is 0 Å². The van der Waals surface area contributed by atoms with Crippen molar-refractivity contribution >= 4 is 6.08 Å². The Labute approximate surface area is 204 Å². The third-order valence-electron chi connectivity index (χ3n) is 7.34. The van der Waals surface area contributed by atoms with Crippen molar-refractivity contribution in [1.82, 2.24) is 0 Å². The van der Waals surface area contributed by atoms with Crippen molar-refractivity contribution in [2.75, 3.05) is 0 Å². The Bertz CT molecular complexity index is 838. The second kappa shape index (κ2) is 13.8. The first-order chi connectivity index (χ1) is 16.4. The molecule has 0 bridgehead atoms. The first-order valence-corrected chi connectivity index (χ1v) is 13.4. The Morgan fingerprint density at radius 2 is 1.35 bits per heavy atom. The van der Waals surface area contributed by atoms with Crippen LogP contribution in [0.4, 0.5) is 13.2 Å². The van der Waals surface area contributed by atoms with Crippen LogP contribution in [0.1, 0.15) is 107 Å². The van der Waals surface area contributed by atoms with Crippen molar-refractivity contribution in [3.05, 3.63) is 65.7 Å². The number of hydrogen-bond donors (Lipinski definition) is 0. The van der Waals surface area contributed by atoms with Crippen molar-refractivity contribution in [3.63, 3.8) is 0 Å². The molecule has 0 heterocycles. The molecule has 0 atom stereocenters. The standard InChI is InChI=1S/C31H41F3/c1-2-3-4-5-6-7-10-25-12-16-27(17-13-25)29-20-22-30(23-21-29)28-18-14-26(15-19-28)11-8-9-24-31(32,33)34/h8,11,14-15,18-23,25,27H,2-7,9-10,12-13,16-17,24H2,1H3. The molecule has 0 radical (unpaired) electrons. The number of alkyl halides is 3. The quantitative estimate of drug-likeness (QED) is 0.271. The Hall–Kier alpha value is -2.03. The van der Waals surface area contributed by atoms with E-state index in [1.165, 1.54) is 81.8 Å². The minimum absolute atomic E-state index is 0.0215. The summed E-state index contributed by atoms with van der Waals surface area (Å²) in [7, 11) is 0. The van der Waals surface area contributed by atoms with Gasteiger partial charge in [0.1, 0.15) is 0 Å². The van der Waals surface area contributed by atoms with Crippen LogP contribution in [0.2, 0.25) is 0 Å². The van der Waals surface area contributed by atoms with Gasteiger partial charge in [0, 0.05) is 6.42 Å².